The van der Waals surface area contributed by atoms with E-state index in [2.05, 4.69) is 31.9 Å². The van der Waals surface area contributed by atoms with Crippen molar-refractivity contribution in [3.05, 3.63) is 0 Å². The zero-order valence-corrected chi connectivity index (χ0v) is 18.7. The van der Waals surface area contributed by atoms with E-state index < -0.39 is 0 Å². The first kappa shape index (κ1) is 21.7. The van der Waals surface area contributed by atoms with Crippen molar-refractivity contribution in [2.24, 2.45) is 4.99 Å². The summed E-state index contributed by atoms with van der Waals surface area (Å²) in [5, 5.41) is 3.49. The topological polar surface area (TPSA) is 54.4 Å². The SMILES string of the molecule is CN=C(NCCN1CCC1)N1CCN(C(C)C(=O)N2CCCC2)CC1.I. The van der Waals surface area contributed by atoms with Crippen molar-refractivity contribution in [2.45, 2.75) is 32.2 Å². The number of rotatable bonds is 5. The van der Waals surface area contributed by atoms with Crippen molar-refractivity contribution in [3.8, 4) is 0 Å². The minimum Gasteiger partial charge on any atom is -0.355 e. The highest BCUT2D eigenvalue weighted by molar-refractivity contribution is 14.0. The highest BCUT2D eigenvalue weighted by Crippen LogP contribution is 2.14. The minimum atomic E-state index is 0. The van der Waals surface area contributed by atoms with Crippen LogP contribution in [-0.2, 0) is 4.79 Å². The Labute approximate surface area is 175 Å². The fourth-order valence-corrected chi connectivity index (χ4v) is 3.94. The molecule has 0 radical (unpaired) electrons. The largest absolute Gasteiger partial charge is 0.355 e. The van der Waals surface area contributed by atoms with Gasteiger partial charge in [0.1, 0.15) is 0 Å². The maximum atomic E-state index is 12.6. The molecule has 3 rings (SSSR count). The molecule has 0 saturated carbocycles. The van der Waals surface area contributed by atoms with Crippen molar-refractivity contribution < 1.29 is 4.79 Å². The normalized spacial score (nSPS) is 23.4. The Balaban J connectivity index is 0.00000243. The fourth-order valence-electron chi connectivity index (χ4n) is 3.94. The van der Waals surface area contributed by atoms with Crippen LogP contribution in [0.25, 0.3) is 0 Å². The van der Waals surface area contributed by atoms with Crippen LogP contribution in [0.1, 0.15) is 26.2 Å². The lowest BCUT2D eigenvalue weighted by Gasteiger charge is -2.39. The Morgan fingerprint density at radius 3 is 2.15 bits per heavy atom. The summed E-state index contributed by atoms with van der Waals surface area (Å²) >= 11 is 0. The van der Waals surface area contributed by atoms with Crippen molar-refractivity contribution >= 4 is 35.8 Å². The lowest BCUT2D eigenvalue weighted by atomic mass is 10.2. The molecule has 3 fully saturated rings. The lowest BCUT2D eigenvalue weighted by molar-refractivity contribution is -0.135. The molecule has 0 aromatic heterocycles. The van der Waals surface area contributed by atoms with Gasteiger partial charge in [-0.05, 0) is 39.3 Å². The lowest BCUT2D eigenvalue weighted by Crippen LogP contribution is -2.57. The van der Waals surface area contributed by atoms with Gasteiger partial charge < -0.3 is 20.0 Å². The molecule has 26 heavy (non-hydrogen) atoms. The summed E-state index contributed by atoms with van der Waals surface area (Å²) < 4.78 is 0. The number of nitrogens with one attached hydrogen (secondary N) is 1. The standard InChI is InChI=1S/C18H34N6O.HI/c1-16(17(25)23-9-3-4-10-23)22-12-14-24(15-13-22)18(19-2)20-6-11-21-7-5-8-21;/h16H,3-15H2,1-2H3,(H,19,20);1H. The first-order chi connectivity index (χ1) is 12.2. The number of piperazine rings is 1. The van der Waals surface area contributed by atoms with Crippen LogP contribution in [0.4, 0.5) is 0 Å². The summed E-state index contributed by atoms with van der Waals surface area (Å²) in [6, 6.07) is 0.00152. The Hall–Kier alpha value is -0.610. The number of likely N-dealkylation sites (tertiary alicyclic amines) is 2. The number of aliphatic imine (C=N–C) groups is 1. The number of amides is 1. The molecule has 7 nitrogen and oxygen atoms in total. The quantitative estimate of drug-likeness (QED) is 0.355. The molecule has 8 heteroatoms. The van der Waals surface area contributed by atoms with E-state index in [0.717, 1.165) is 71.2 Å². The van der Waals surface area contributed by atoms with Gasteiger partial charge in [0.25, 0.3) is 0 Å². The molecule has 0 spiro atoms. The fraction of sp³-hybridized carbons (Fsp3) is 0.889. The first-order valence-corrected chi connectivity index (χ1v) is 9.90. The average Bonchev–Trinajstić information content (AvgIpc) is 3.14. The highest BCUT2D eigenvalue weighted by Gasteiger charge is 2.30. The van der Waals surface area contributed by atoms with Crippen LogP contribution in [0.5, 0.6) is 0 Å². The van der Waals surface area contributed by atoms with Crippen molar-refractivity contribution in [2.75, 3.05) is 72.5 Å². The molecule has 1 amide bonds. The zero-order chi connectivity index (χ0) is 17.6. The Bertz CT molecular complexity index is 470. The van der Waals surface area contributed by atoms with Gasteiger partial charge in [0.2, 0.25) is 5.91 Å². The second-order valence-electron chi connectivity index (χ2n) is 7.40. The average molecular weight is 478 g/mol. The van der Waals surface area contributed by atoms with Crippen LogP contribution in [0.3, 0.4) is 0 Å². The van der Waals surface area contributed by atoms with E-state index in [1.54, 1.807) is 0 Å². The van der Waals surface area contributed by atoms with Gasteiger partial charge in [-0.2, -0.15) is 0 Å². The predicted octanol–water partition coefficient (Wildman–Crippen LogP) is 0.514. The molecular weight excluding hydrogens is 443 g/mol. The molecule has 0 aliphatic carbocycles. The van der Waals surface area contributed by atoms with E-state index in [4.69, 9.17) is 0 Å². The molecular formula is C18H35IN6O. The third-order valence-electron chi connectivity index (χ3n) is 5.81. The van der Waals surface area contributed by atoms with Gasteiger partial charge >= 0.3 is 0 Å². The van der Waals surface area contributed by atoms with Crippen LogP contribution >= 0.6 is 24.0 Å². The maximum Gasteiger partial charge on any atom is 0.239 e. The molecule has 0 bridgehead atoms. The highest BCUT2D eigenvalue weighted by atomic mass is 127. The summed E-state index contributed by atoms with van der Waals surface area (Å²) in [6.07, 6.45) is 3.66. The van der Waals surface area contributed by atoms with Gasteiger partial charge in [0, 0.05) is 59.4 Å². The maximum absolute atomic E-state index is 12.6. The molecule has 1 unspecified atom stereocenters. The molecule has 3 aliphatic heterocycles. The van der Waals surface area contributed by atoms with Gasteiger partial charge in [-0.3, -0.25) is 14.7 Å². The molecule has 0 aromatic carbocycles. The van der Waals surface area contributed by atoms with E-state index >= 15 is 0 Å². The smallest absolute Gasteiger partial charge is 0.239 e. The van der Waals surface area contributed by atoms with Crippen LogP contribution in [0.15, 0.2) is 4.99 Å². The van der Waals surface area contributed by atoms with Crippen LogP contribution < -0.4 is 5.32 Å². The molecule has 150 valence electrons. The van der Waals surface area contributed by atoms with E-state index in [1.807, 2.05) is 11.9 Å². The second kappa shape index (κ2) is 10.7. The van der Waals surface area contributed by atoms with Crippen molar-refractivity contribution in [1.29, 1.82) is 0 Å². The number of halogens is 1. The second-order valence-corrected chi connectivity index (χ2v) is 7.40. The number of guanidine groups is 1. The summed E-state index contributed by atoms with van der Waals surface area (Å²) in [6.45, 7) is 12.2. The summed E-state index contributed by atoms with van der Waals surface area (Å²) in [5.74, 6) is 1.31. The van der Waals surface area contributed by atoms with E-state index in [9.17, 15) is 4.79 Å². The van der Waals surface area contributed by atoms with E-state index in [-0.39, 0.29) is 30.0 Å². The van der Waals surface area contributed by atoms with Gasteiger partial charge in [-0.1, -0.05) is 0 Å². The van der Waals surface area contributed by atoms with Gasteiger partial charge in [0.05, 0.1) is 6.04 Å². The summed E-state index contributed by atoms with van der Waals surface area (Å²) in [7, 11) is 1.86. The number of carbonyl (C=O) groups is 1. The number of hydrogen-bond donors (Lipinski definition) is 1. The van der Waals surface area contributed by atoms with Gasteiger partial charge in [-0.15, -0.1) is 24.0 Å². The minimum absolute atomic E-state index is 0. The van der Waals surface area contributed by atoms with Crippen molar-refractivity contribution in [3.63, 3.8) is 0 Å². The molecule has 3 aliphatic rings. The molecule has 3 heterocycles. The molecule has 1 N–H and O–H groups in total. The molecule has 1 atom stereocenters. The number of nitrogens with zero attached hydrogens (tertiary/aromatic N) is 5. The van der Waals surface area contributed by atoms with E-state index in [1.165, 1.54) is 19.5 Å². The third kappa shape index (κ3) is 5.45. The van der Waals surface area contributed by atoms with Crippen LogP contribution in [0.2, 0.25) is 0 Å². The third-order valence-corrected chi connectivity index (χ3v) is 5.81. The predicted molar refractivity (Wildman–Crippen MR) is 116 cm³/mol. The van der Waals surface area contributed by atoms with Crippen LogP contribution in [-0.4, -0.2) is 110 Å². The van der Waals surface area contributed by atoms with Crippen LogP contribution in [0, 0.1) is 0 Å². The van der Waals surface area contributed by atoms with Crippen molar-refractivity contribution in [1.82, 2.24) is 24.9 Å². The molecule has 3 saturated heterocycles. The Morgan fingerprint density at radius 1 is 0.962 bits per heavy atom. The van der Waals surface area contributed by atoms with Gasteiger partial charge in [0.15, 0.2) is 5.96 Å². The monoisotopic (exact) mass is 478 g/mol. The number of carbonyl (C=O) groups excluding carboxylic acids is 1. The Morgan fingerprint density at radius 2 is 1.62 bits per heavy atom. The Kier molecular flexibility index (Phi) is 8.89. The van der Waals surface area contributed by atoms with Gasteiger partial charge in [-0.25, -0.2) is 0 Å². The molecule has 0 aromatic rings. The van der Waals surface area contributed by atoms with E-state index in [0.29, 0.717) is 5.91 Å². The zero-order valence-electron chi connectivity index (χ0n) is 16.3. The summed E-state index contributed by atoms with van der Waals surface area (Å²) in [5.41, 5.74) is 0. The first-order valence-electron chi connectivity index (χ1n) is 9.90. The number of hydrogen-bond acceptors (Lipinski definition) is 4. The summed E-state index contributed by atoms with van der Waals surface area (Å²) in [4.78, 5) is 26.2.